The average molecular weight is 1520 g/mol. The Morgan fingerprint density at radius 3 is 1.45 bits per heavy atom. The lowest BCUT2D eigenvalue weighted by atomic mass is 9.81. The number of aliphatic carboxylic acids is 1. The van der Waals surface area contributed by atoms with Crippen LogP contribution in [0, 0.1) is 32.5 Å². The minimum Gasteiger partial charge on any atom is -0.481 e. The summed E-state index contributed by atoms with van der Waals surface area (Å²) in [6.45, 7) is 20.2. The minimum absolute atomic E-state index is 0.0370. The number of ether oxygens (including phenoxy) is 2. The Labute approximate surface area is 604 Å². The van der Waals surface area contributed by atoms with Gasteiger partial charge in [0.05, 0.1) is 58.9 Å². The summed E-state index contributed by atoms with van der Waals surface area (Å²) in [5, 5.41) is 9.55. The van der Waals surface area contributed by atoms with Crippen LogP contribution in [0.3, 0.4) is 0 Å². The van der Waals surface area contributed by atoms with Gasteiger partial charge in [-0.15, -0.1) is 0 Å². The number of hydrogen-bond donors (Lipinski definition) is 3. The Bertz CT molecular complexity index is 4160. The van der Waals surface area contributed by atoms with E-state index in [4.69, 9.17) is 31.2 Å². The second kappa shape index (κ2) is 32.3. The molecule has 0 amide bonds. The van der Waals surface area contributed by atoms with Crippen molar-refractivity contribution in [3.8, 4) is 11.3 Å². The van der Waals surface area contributed by atoms with Crippen LogP contribution in [-0.4, -0.2) is 115 Å². The number of hydrogen-bond acceptors (Lipinski definition) is 15. The van der Waals surface area contributed by atoms with Gasteiger partial charge in [0.15, 0.2) is 34.3 Å². The molecule has 6 aliphatic carbocycles. The molecule has 0 bridgehead atoms. The first-order chi connectivity index (χ1) is 46.9. The molecule has 6 aliphatic rings. The molecular weight excluding hydrogens is 1420 g/mol. The van der Waals surface area contributed by atoms with Crippen molar-refractivity contribution in [1.82, 2.24) is 54.0 Å². The number of Topliss-reactive ketones (excluding diaryl/α,β-unsaturated/α-hetero) is 3. The van der Waals surface area contributed by atoms with Crippen molar-refractivity contribution in [3.63, 3.8) is 0 Å². The molecule has 20 nitrogen and oxygen atoms in total. The van der Waals surface area contributed by atoms with E-state index < -0.39 is 14.0 Å². The number of methoxy groups -OCH3 is 1. The Hall–Kier alpha value is -6.40. The van der Waals surface area contributed by atoms with Crippen molar-refractivity contribution in [3.05, 3.63) is 87.6 Å². The third kappa shape index (κ3) is 18.1. The van der Waals surface area contributed by atoms with Gasteiger partial charge in [0.25, 0.3) is 0 Å². The van der Waals surface area contributed by atoms with Crippen LogP contribution in [0.1, 0.15) is 227 Å². The van der Waals surface area contributed by atoms with Crippen molar-refractivity contribution in [2.24, 2.45) is 39.5 Å². The highest BCUT2D eigenvalue weighted by molar-refractivity contribution is 9.10. The van der Waals surface area contributed by atoms with E-state index in [0.717, 1.165) is 176 Å². The van der Waals surface area contributed by atoms with Gasteiger partial charge in [-0.2, -0.15) is 0 Å². The summed E-state index contributed by atoms with van der Waals surface area (Å²) in [7, 11) is 2.31. The van der Waals surface area contributed by atoms with Gasteiger partial charge in [0.1, 0.15) is 38.1 Å². The van der Waals surface area contributed by atoms with Gasteiger partial charge in [-0.1, -0.05) is 124 Å². The number of aromatic amines is 2. The molecule has 8 aromatic heterocycles. The van der Waals surface area contributed by atoms with Gasteiger partial charge in [0, 0.05) is 85.3 Å². The Morgan fingerprint density at radius 2 is 1.00 bits per heavy atom. The van der Waals surface area contributed by atoms with E-state index in [9.17, 15) is 28.8 Å². The van der Waals surface area contributed by atoms with Crippen molar-refractivity contribution in [2.45, 2.75) is 228 Å². The zero-order valence-corrected chi connectivity index (χ0v) is 64.7. The van der Waals surface area contributed by atoms with Crippen molar-refractivity contribution in [2.75, 3.05) is 13.7 Å². The maximum atomic E-state index is 13.2. The van der Waals surface area contributed by atoms with Gasteiger partial charge in [-0.25, -0.2) is 34.9 Å². The number of esters is 1. The summed E-state index contributed by atoms with van der Waals surface area (Å²) < 4.78 is 15.8. The number of H-pyrrole nitrogens is 2. The number of carbonyl (C=O) groups is 6. The van der Waals surface area contributed by atoms with Gasteiger partial charge in [0.2, 0.25) is 5.24 Å². The topological polar surface area (TPSA) is 273 Å². The van der Waals surface area contributed by atoms with Gasteiger partial charge >= 0.3 is 11.9 Å². The normalized spacial score (nSPS) is 19.0. The molecule has 3 N–H and O–H groups in total. The van der Waals surface area contributed by atoms with E-state index in [1.54, 1.807) is 37.2 Å². The largest absolute Gasteiger partial charge is 0.481 e. The average Bonchev–Trinajstić information content (AvgIpc) is 1.64. The molecule has 534 valence electrons. The lowest BCUT2D eigenvalue weighted by Crippen LogP contribution is -2.25. The molecule has 14 rings (SSSR count). The second-order valence-electron chi connectivity index (χ2n) is 31.2. The van der Waals surface area contributed by atoms with Crippen LogP contribution >= 0.6 is 43.5 Å². The van der Waals surface area contributed by atoms with E-state index in [0.29, 0.717) is 66.1 Å². The molecule has 8 heterocycles. The second-order valence-corrected chi connectivity index (χ2v) is 38.8. The third-order valence-electron chi connectivity index (χ3n) is 21.8. The summed E-state index contributed by atoms with van der Waals surface area (Å²) in [5.74, 6) is -0.103. The van der Waals surface area contributed by atoms with Crippen LogP contribution in [-0.2, 0) is 37.6 Å². The minimum atomic E-state index is -1.12. The Kier molecular flexibility index (Phi) is 25.0. The molecule has 8 aromatic rings. The molecule has 0 atom stereocenters. The van der Waals surface area contributed by atoms with E-state index in [1.807, 2.05) is 61.5 Å². The van der Waals surface area contributed by atoms with Gasteiger partial charge in [-0.05, 0) is 153 Å². The number of carboxylic acid groups (broad SMARTS) is 1. The number of rotatable bonds is 15. The number of fused-ring (bicyclic) bond motifs is 4. The lowest BCUT2D eigenvalue weighted by Gasteiger charge is -2.20. The first-order valence-electron chi connectivity index (χ1n) is 35.4. The number of nitrogens with zero attached hydrogens (tertiary/aromatic N) is 9. The molecule has 0 saturated heterocycles. The van der Waals surface area contributed by atoms with E-state index in [1.165, 1.54) is 20.0 Å². The number of aryl methyl sites for hydroxylation is 1. The zero-order valence-electron chi connectivity index (χ0n) is 59.7. The maximum Gasteiger partial charge on any atom is 0.311 e. The Morgan fingerprint density at radius 1 is 0.566 bits per heavy atom. The van der Waals surface area contributed by atoms with Gasteiger partial charge < -0.3 is 33.7 Å². The molecule has 6 saturated carbocycles. The summed E-state index contributed by atoms with van der Waals surface area (Å²) in [6, 6.07) is 5.07. The van der Waals surface area contributed by atoms with Crippen LogP contribution in [0.5, 0.6) is 0 Å². The quantitative estimate of drug-likeness (QED) is 0.0283. The number of ketones is 3. The van der Waals surface area contributed by atoms with Crippen LogP contribution in [0.2, 0.25) is 25.7 Å². The first-order valence-corrected chi connectivity index (χ1v) is 41.0. The van der Waals surface area contributed by atoms with Gasteiger partial charge in [-0.3, -0.25) is 28.8 Å². The molecule has 0 aromatic carbocycles. The maximum absolute atomic E-state index is 13.2. The smallest absolute Gasteiger partial charge is 0.311 e. The molecule has 24 heteroatoms. The molecule has 6 fully saturated rings. The van der Waals surface area contributed by atoms with Crippen LogP contribution < -0.4 is 0 Å². The van der Waals surface area contributed by atoms with Crippen molar-refractivity contribution in [1.29, 1.82) is 0 Å². The third-order valence-corrected chi connectivity index (χ3v) is 24.7. The predicted octanol–water partition coefficient (Wildman–Crippen LogP) is 18.8. The lowest BCUT2D eigenvalue weighted by molar-refractivity contribution is -0.151. The fourth-order valence-corrected chi connectivity index (χ4v) is 16.4. The molecule has 0 aliphatic heterocycles. The van der Waals surface area contributed by atoms with Crippen molar-refractivity contribution < 1.29 is 43.3 Å². The number of pyridine rings is 1. The number of aromatic nitrogens is 11. The number of nitrogens with one attached hydrogen (secondary N) is 2. The van der Waals surface area contributed by atoms with E-state index in [2.05, 4.69) is 112 Å². The van der Waals surface area contributed by atoms with E-state index in [-0.39, 0.29) is 61.1 Å². The van der Waals surface area contributed by atoms with E-state index >= 15 is 0 Å². The molecule has 99 heavy (non-hydrogen) atoms. The number of carboxylic acids is 1. The fourth-order valence-electron chi connectivity index (χ4n) is 14.9. The van der Waals surface area contributed by atoms with Crippen LogP contribution in [0.15, 0.2) is 70.9 Å². The highest BCUT2D eigenvalue weighted by atomic mass is 79.9. The van der Waals surface area contributed by atoms with Crippen LogP contribution in [0.4, 0.5) is 0 Å². The summed E-state index contributed by atoms with van der Waals surface area (Å²) in [6.07, 6.45) is 39.3. The molecule has 0 spiro atoms. The fraction of sp³-hybridized carbons (Fsp3) is 0.587. The zero-order chi connectivity index (χ0) is 71.7. The number of carbonyl (C=O) groups excluding carboxylic acids is 5. The molecular formula is C75H100Br2ClN11O9Si. The molecule has 0 radical (unpaired) electrons. The van der Waals surface area contributed by atoms with Crippen LogP contribution in [0.25, 0.3) is 55.8 Å². The number of halogens is 3. The first kappa shape index (κ1) is 76.8. The SMILES string of the molecule is CC1(C(=O)Cl)CCCC1.CC1(C(=O)O)CCCC1.CC1(C(=O)c2c[nH]c3ncc(Br)nc23)CCCC1.CC1(C(=O)c2cn(COCC[Si](C)(C)C)c3ncc(Br)nc23)CCCC1.COC(=O)C1(C)CCCC1.Cn1cc(-c2cnc3[nH]cc(C(=O)C4(C)CCCC4)c3n2)c2cccnc21. The standard InChI is InChI=1S/C21H21N5O.C19H28BrN3O2Si.C13H14BrN3O.C8H14O2.C7H11ClO.C7H12O2/c1-21(7-3-4-8-21)18(27)14-10-23-19-17(14)25-16(11-24-19)15-12-26(2)20-13(15)6-5-9-22-20;1-19(7-5-6-8-19)17(24)14-12-23(13-25-9-10-26(2,3)4)18-16(14)22-15(20)11-21-18;1-13(4-2-3-5-13)11(18)8-6-15-12-10(8)17-9(14)7-16-12;1-8(7(9)10-2)5-3-4-6-8;2*1-7(6(8)9)4-2-3-5-7/h5-6,9-12H,3-4,7-8H2,1-2H3,(H,23,24);11-12H,5-10,13H2,1-4H3;6-7H,2-5H2,1H3,(H,15,16);3-6H2,1-2H3;2-5H2,1H3;2-5H2,1H3,(H,8,9). The summed E-state index contributed by atoms with van der Waals surface area (Å²) >= 11 is 12.1. The Balaban J connectivity index is 0.000000147. The summed E-state index contributed by atoms with van der Waals surface area (Å²) in [4.78, 5) is 109. The molecule has 0 unspecified atom stereocenters. The summed E-state index contributed by atoms with van der Waals surface area (Å²) in [5.41, 5.74) is 7.16. The predicted molar refractivity (Wildman–Crippen MR) is 397 cm³/mol. The highest BCUT2D eigenvalue weighted by Gasteiger charge is 2.42. The van der Waals surface area contributed by atoms with Crippen molar-refractivity contribution >= 4 is 131 Å². The monoisotopic (exact) mass is 1520 g/mol. The highest BCUT2D eigenvalue weighted by Crippen LogP contribution is 2.45.